The van der Waals surface area contributed by atoms with E-state index < -0.39 is 0 Å². The lowest BCUT2D eigenvalue weighted by atomic mass is 9.97. The lowest BCUT2D eigenvalue weighted by molar-refractivity contribution is 0.0951. The highest BCUT2D eigenvalue weighted by atomic mass is 16.7. The maximum absolute atomic E-state index is 13.1. The SMILES string of the molecule is Cc1cc(N)nc(C)c1CNC(=O)c1ccc2c(c1)c1oc2c2ccc(-c3cccc4c3OCO4)cc21. The van der Waals surface area contributed by atoms with Crippen LogP contribution in [0.5, 0.6) is 11.5 Å². The Labute approximate surface area is 212 Å². The molecule has 37 heavy (non-hydrogen) atoms. The molecule has 0 fully saturated rings. The molecule has 7 heteroatoms. The van der Waals surface area contributed by atoms with Crippen LogP contribution in [0, 0.1) is 13.8 Å². The van der Waals surface area contributed by atoms with E-state index in [1.165, 1.54) is 0 Å². The van der Waals surface area contributed by atoms with Crippen molar-refractivity contribution in [2.75, 3.05) is 12.5 Å². The number of amides is 1. The molecule has 1 aliphatic rings. The molecule has 0 atom stereocenters. The summed E-state index contributed by atoms with van der Waals surface area (Å²) in [5, 5.41) is 7.00. The van der Waals surface area contributed by atoms with Crippen molar-refractivity contribution < 1.29 is 18.7 Å². The molecular formula is C30H23N3O4. The Morgan fingerprint density at radius 2 is 1.73 bits per heavy atom. The average Bonchev–Trinajstić information content (AvgIpc) is 3.61. The summed E-state index contributed by atoms with van der Waals surface area (Å²) >= 11 is 0. The molecular weight excluding hydrogens is 466 g/mol. The number of fused-ring (bicyclic) bond motifs is 9. The molecule has 3 aromatic carbocycles. The number of carbonyl (C=O) groups excluding carboxylic acids is 1. The number of furan rings is 2. The van der Waals surface area contributed by atoms with Gasteiger partial charge in [-0.25, -0.2) is 4.98 Å². The summed E-state index contributed by atoms with van der Waals surface area (Å²) in [6.45, 7) is 4.47. The Morgan fingerprint density at radius 1 is 0.946 bits per heavy atom. The van der Waals surface area contributed by atoms with Gasteiger partial charge in [-0.1, -0.05) is 18.2 Å². The third-order valence-electron chi connectivity index (χ3n) is 7.19. The second-order valence-electron chi connectivity index (χ2n) is 9.43. The number of nitrogens with one attached hydrogen (secondary N) is 1. The zero-order valence-corrected chi connectivity index (χ0v) is 20.3. The van der Waals surface area contributed by atoms with Gasteiger partial charge in [0, 0.05) is 44.9 Å². The number of anilines is 1. The zero-order chi connectivity index (χ0) is 25.3. The molecule has 3 N–H and O–H groups in total. The summed E-state index contributed by atoms with van der Waals surface area (Å²) in [5.74, 6) is 1.83. The van der Waals surface area contributed by atoms with E-state index in [0.717, 1.165) is 72.2 Å². The van der Waals surface area contributed by atoms with Gasteiger partial charge >= 0.3 is 0 Å². The van der Waals surface area contributed by atoms with Gasteiger partial charge in [0.05, 0.1) is 0 Å². The van der Waals surface area contributed by atoms with Crippen LogP contribution in [-0.4, -0.2) is 17.7 Å². The Morgan fingerprint density at radius 3 is 2.57 bits per heavy atom. The van der Waals surface area contributed by atoms with E-state index in [1.54, 1.807) is 0 Å². The number of hydrogen-bond acceptors (Lipinski definition) is 6. The standard InChI is InChI=1S/C30H23N3O4/c1-15-10-26(31)33-16(2)24(15)13-32-30(34)18-7-9-21-23(12-18)28-22-11-17(6-8-20(22)27(21)37-28)19-4-3-5-25-29(19)36-14-35-25/h3-12H,13-14H2,1-2H3,(H2,31,33)(H,32,34). The number of nitrogen functional groups attached to an aromatic ring is 1. The van der Waals surface area contributed by atoms with E-state index in [4.69, 9.17) is 19.6 Å². The summed E-state index contributed by atoms with van der Waals surface area (Å²) in [6, 6.07) is 19.7. The Balaban J connectivity index is 1.25. The van der Waals surface area contributed by atoms with Crippen molar-refractivity contribution in [3.8, 4) is 22.6 Å². The van der Waals surface area contributed by atoms with Crippen LogP contribution in [0.1, 0.15) is 27.2 Å². The highest BCUT2D eigenvalue weighted by molar-refractivity contribution is 6.26. The normalized spacial score (nSPS) is 12.7. The number of benzene rings is 4. The van der Waals surface area contributed by atoms with E-state index in [2.05, 4.69) is 28.5 Å². The molecule has 2 bridgehead atoms. The fourth-order valence-corrected chi connectivity index (χ4v) is 5.36. The van der Waals surface area contributed by atoms with Crippen molar-refractivity contribution in [3.63, 3.8) is 0 Å². The molecule has 0 saturated carbocycles. The third kappa shape index (κ3) is 3.27. The van der Waals surface area contributed by atoms with E-state index in [0.29, 0.717) is 17.9 Å². The van der Waals surface area contributed by atoms with Gasteiger partial charge in [0.1, 0.15) is 17.0 Å². The molecule has 6 aromatic rings. The van der Waals surface area contributed by atoms with E-state index in [1.807, 2.05) is 56.3 Å². The molecule has 0 aliphatic carbocycles. The molecule has 7 rings (SSSR count). The number of nitrogens with two attached hydrogens (primary N) is 1. The number of carbonyl (C=O) groups is 1. The van der Waals surface area contributed by atoms with Crippen LogP contribution in [0.2, 0.25) is 0 Å². The fraction of sp³-hybridized carbons (Fsp3) is 0.133. The molecule has 0 unspecified atom stereocenters. The molecule has 182 valence electrons. The van der Waals surface area contributed by atoms with Gasteiger partial charge in [0.15, 0.2) is 11.5 Å². The van der Waals surface area contributed by atoms with E-state index >= 15 is 0 Å². The van der Waals surface area contributed by atoms with Gasteiger partial charge in [-0.3, -0.25) is 4.79 Å². The van der Waals surface area contributed by atoms with Gasteiger partial charge in [-0.05, 0) is 73.0 Å². The first kappa shape index (κ1) is 21.5. The summed E-state index contributed by atoms with van der Waals surface area (Å²) < 4.78 is 17.5. The predicted octanol–water partition coefficient (Wildman–Crippen LogP) is 6.10. The van der Waals surface area contributed by atoms with Crippen molar-refractivity contribution in [2.24, 2.45) is 0 Å². The van der Waals surface area contributed by atoms with Crippen molar-refractivity contribution in [1.29, 1.82) is 0 Å². The van der Waals surface area contributed by atoms with Crippen molar-refractivity contribution in [2.45, 2.75) is 20.4 Å². The third-order valence-corrected chi connectivity index (χ3v) is 7.19. The van der Waals surface area contributed by atoms with E-state index in [9.17, 15) is 4.79 Å². The number of hydrogen-bond donors (Lipinski definition) is 2. The maximum atomic E-state index is 13.1. The molecule has 4 heterocycles. The lowest BCUT2D eigenvalue weighted by Crippen LogP contribution is -2.24. The molecule has 0 radical (unpaired) electrons. The molecule has 1 amide bonds. The van der Waals surface area contributed by atoms with Gasteiger partial charge in [0.2, 0.25) is 6.79 Å². The van der Waals surface area contributed by atoms with Crippen LogP contribution in [0.3, 0.4) is 0 Å². The minimum absolute atomic E-state index is 0.155. The Kier molecular flexibility index (Phi) is 4.57. The molecule has 3 aromatic heterocycles. The Bertz CT molecular complexity index is 1850. The van der Waals surface area contributed by atoms with Gasteiger partial charge in [-0.2, -0.15) is 0 Å². The summed E-state index contributed by atoms with van der Waals surface area (Å²) in [7, 11) is 0. The summed E-state index contributed by atoms with van der Waals surface area (Å²) in [6.07, 6.45) is 0. The topological polar surface area (TPSA) is 99.6 Å². The number of para-hydroxylation sites is 1. The largest absolute Gasteiger partial charge is 0.455 e. The van der Waals surface area contributed by atoms with Crippen LogP contribution in [-0.2, 0) is 6.54 Å². The number of aromatic nitrogens is 1. The highest BCUT2D eigenvalue weighted by Gasteiger charge is 2.22. The predicted molar refractivity (Wildman–Crippen MR) is 143 cm³/mol. The summed E-state index contributed by atoms with van der Waals surface area (Å²) in [5.41, 5.74) is 12.8. The van der Waals surface area contributed by atoms with Crippen molar-refractivity contribution in [3.05, 3.63) is 83.0 Å². The van der Waals surface area contributed by atoms with Gasteiger partial charge in [0.25, 0.3) is 5.91 Å². The minimum Gasteiger partial charge on any atom is -0.455 e. The summed E-state index contributed by atoms with van der Waals surface area (Å²) in [4.78, 5) is 17.4. The highest BCUT2D eigenvalue weighted by Crippen LogP contribution is 2.45. The number of rotatable bonds is 4. The smallest absolute Gasteiger partial charge is 0.251 e. The number of pyridine rings is 1. The molecule has 7 nitrogen and oxygen atoms in total. The second-order valence-corrected chi connectivity index (χ2v) is 9.43. The van der Waals surface area contributed by atoms with Crippen LogP contribution >= 0.6 is 0 Å². The number of aryl methyl sites for hydroxylation is 2. The minimum atomic E-state index is -0.155. The number of ether oxygens (including phenoxy) is 2. The zero-order valence-electron chi connectivity index (χ0n) is 20.3. The first-order valence-electron chi connectivity index (χ1n) is 12.1. The van der Waals surface area contributed by atoms with E-state index in [-0.39, 0.29) is 12.7 Å². The second kappa shape index (κ2) is 7.86. The lowest BCUT2D eigenvalue weighted by Gasteiger charge is -2.12. The first-order valence-corrected chi connectivity index (χ1v) is 12.1. The van der Waals surface area contributed by atoms with Crippen molar-refractivity contribution in [1.82, 2.24) is 10.3 Å². The van der Waals surface area contributed by atoms with Crippen molar-refractivity contribution >= 4 is 44.4 Å². The Hall–Kier alpha value is -4.78. The molecule has 0 spiro atoms. The number of nitrogens with zero attached hydrogens (tertiary/aromatic N) is 1. The van der Waals surface area contributed by atoms with Crippen LogP contribution < -0.4 is 20.5 Å². The monoisotopic (exact) mass is 489 g/mol. The maximum Gasteiger partial charge on any atom is 0.251 e. The molecule has 1 aliphatic heterocycles. The quantitative estimate of drug-likeness (QED) is 0.291. The van der Waals surface area contributed by atoms with Gasteiger partial charge in [-0.15, -0.1) is 0 Å². The molecule has 0 saturated heterocycles. The van der Waals surface area contributed by atoms with Crippen LogP contribution in [0.4, 0.5) is 5.82 Å². The fourth-order valence-electron chi connectivity index (χ4n) is 5.36. The van der Waals surface area contributed by atoms with Crippen LogP contribution in [0.25, 0.3) is 43.8 Å². The average molecular weight is 490 g/mol. The van der Waals surface area contributed by atoms with Crippen LogP contribution in [0.15, 0.2) is 65.1 Å². The van der Waals surface area contributed by atoms with Gasteiger partial charge < -0.3 is 24.9 Å². The first-order chi connectivity index (χ1) is 18.0.